The average molecular weight is 240 g/mol. The van der Waals surface area contributed by atoms with Crippen molar-refractivity contribution in [2.75, 3.05) is 0 Å². The Labute approximate surface area is 99.7 Å². The van der Waals surface area contributed by atoms with Crippen LogP contribution < -0.4 is 5.30 Å². The maximum Gasteiger partial charge on any atom is 0.193 e. The standard InChI is InChI=1S/C14H9O2P/c15-12-8-9-4-1-2-5-10(9)11-6-3-7-13(17-16)14(11)12/h1-8,15H. The lowest BCUT2D eigenvalue weighted by Gasteiger charge is -2.07. The Balaban J connectivity index is 2.63. The first-order valence-electron chi connectivity index (χ1n) is 5.28. The van der Waals surface area contributed by atoms with E-state index in [-0.39, 0.29) is 14.2 Å². The molecule has 0 saturated carbocycles. The van der Waals surface area contributed by atoms with Crippen LogP contribution in [0.4, 0.5) is 0 Å². The van der Waals surface area contributed by atoms with Crippen LogP contribution in [0.2, 0.25) is 0 Å². The van der Waals surface area contributed by atoms with E-state index in [0.29, 0.717) is 10.7 Å². The van der Waals surface area contributed by atoms with Crippen LogP contribution in [-0.2, 0) is 4.57 Å². The molecule has 17 heavy (non-hydrogen) atoms. The Morgan fingerprint density at radius 2 is 1.71 bits per heavy atom. The van der Waals surface area contributed by atoms with Crippen LogP contribution in [0.15, 0.2) is 48.5 Å². The Bertz CT molecular complexity index is 735. The zero-order valence-electron chi connectivity index (χ0n) is 8.92. The second-order valence-electron chi connectivity index (χ2n) is 3.91. The second kappa shape index (κ2) is 3.83. The molecule has 3 heteroatoms. The van der Waals surface area contributed by atoms with E-state index in [1.165, 1.54) is 0 Å². The van der Waals surface area contributed by atoms with Gasteiger partial charge in [-0.15, -0.1) is 0 Å². The van der Waals surface area contributed by atoms with Crippen LogP contribution in [-0.4, -0.2) is 5.11 Å². The van der Waals surface area contributed by atoms with Gasteiger partial charge in [0.1, 0.15) is 5.75 Å². The topological polar surface area (TPSA) is 37.3 Å². The van der Waals surface area contributed by atoms with Crippen molar-refractivity contribution >= 4 is 35.3 Å². The molecule has 1 N–H and O–H groups in total. The van der Waals surface area contributed by atoms with Crippen LogP contribution in [0.25, 0.3) is 21.5 Å². The molecule has 0 bridgehead atoms. The van der Waals surface area contributed by atoms with E-state index >= 15 is 0 Å². The predicted molar refractivity (Wildman–Crippen MR) is 70.4 cm³/mol. The zero-order chi connectivity index (χ0) is 11.8. The fraction of sp³-hybridized carbons (Fsp3) is 0. The molecule has 0 spiro atoms. The van der Waals surface area contributed by atoms with Gasteiger partial charge < -0.3 is 5.11 Å². The van der Waals surface area contributed by atoms with Gasteiger partial charge in [0.2, 0.25) is 0 Å². The first kappa shape index (κ1) is 10.2. The minimum Gasteiger partial charge on any atom is -0.507 e. The quantitative estimate of drug-likeness (QED) is 0.521. The smallest absolute Gasteiger partial charge is 0.193 e. The highest BCUT2D eigenvalue weighted by Crippen LogP contribution is 2.32. The highest BCUT2D eigenvalue weighted by molar-refractivity contribution is 7.35. The number of aromatic hydroxyl groups is 1. The van der Waals surface area contributed by atoms with Crippen molar-refractivity contribution in [3.8, 4) is 5.75 Å². The molecule has 0 radical (unpaired) electrons. The van der Waals surface area contributed by atoms with Crippen LogP contribution in [0.3, 0.4) is 0 Å². The van der Waals surface area contributed by atoms with Gasteiger partial charge in [0, 0.05) is 5.39 Å². The fourth-order valence-electron chi connectivity index (χ4n) is 2.20. The third-order valence-electron chi connectivity index (χ3n) is 2.94. The summed E-state index contributed by atoms with van der Waals surface area (Å²) >= 11 is 0. The molecule has 0 fully saturated rings. The summed E-state index contributed by atoms with van der Waals surface area (Å²) in [6.07, 6.45) is 0. The maximum atomic E-state index is 11.1. The molecular formula is C14H9O2P. The summed E-state index contributed by atoms with van der Waals surface area (Å²) in [5.74, 6) is 0.178. The summed E-state index contributed by atoms with van der Waals surface area (Å²) in [4.78, 5) is 0. The Morgan fingerprint density at radius 1 is 0.941 bits per heavy atom. The molecule has 3 rings (SSSR count). The van der Waals surface area contributed by atoms with Gasteiger partial charge in [-0.05, 0) is 28.3 Å². The molecule has 3 aromatic carbocycles. The molecule has 0 aliphatic heterocycles. The first-order valence-corrected chi connectivity index (χ1v) is 6.09. The van der Waals surface area contributed by atoms with Gasteiger partial charge in [-0.25, -0.2) is 0 Å². The molecule has 0 aliphatic rings. The molecular weight excluding hydrogens is 231 g/mol. The molecule has 0 aromatic heterocycles. The molecule has 0 amide bonds. The molecule has 0 atom stereocenters. The third kappa shape index (κ3) is 1.49. The van der Waals surface area contributed by atoms with E-state index in [4.69, 9.17) is 0 Å². The minimum atomic E-state index is -0.0738. The van der Waals surface area contributed by atoms with E-state index in [0.717, 1.165) is 16.2 Å². The van der Waals surface area contributed by atoms with Crippen molar-refractivity contribution in [2.45, 2.75) is 0 Å². The highest BCUT2D eigenvalue weighted by atomic mass is 31.1. The molecule has 2 nitrogen and oxygen atoms in total. The highest BCUT2D eigenvalue weighted by Gasteiger charge is 2.09. The van der Waals surface area contributed by atoms with Crippen molar-refractivity contribution in [1.29, 1.82) is 0 Å². The van der Waals surface area contributed by atoms with Crippen molar-refractivity contribution in [1.82, 2.24) is 0 Å². The normalized spacial score (nSPS) is 11.3. The Morgan fingerprint density at radius 3 is 2.53 bits per heavy atom. The molecule has 82 valence electrons. The van der Waals surface area contributed by atoms with E-state index in [1.54, 1.807) is 12.1 Å². The molecule has 0 heterocycles. The molecule has 0 unspecified atom stereocenters. The van der Waals surface area contributed by atoms with E-state index in [9.17, 15) is 9.67 Å². The van der Waals surface area contributed by atoms with Crippen molar-refractivity contribution < 1.29 is 9.67 Å². The fourth-order valence-corrected chi connectivity index (χ4v) is 2.67. The van der Waals surface area contributed by atoms with Gasteiger partial charge in [-0.1, -0.05) is 36.4 Å². The Hall–Kier alpha value is -1.92. The van der Waals surface area contributed by atoms with E-state index in [1.807, 2.05) is 36.4 Å². The Kier molecular flexibility index (Phi) is 2.31. The molecule has 3 aromatic rings. The summed E-state index contributed by atoms with van der Waals surface area (Å²) in [5.41, 5.74) is 0. The first-order chi connectivity index (χ1) is 8.31. The van der Waals surface area contributed by atoms with Gasteiger partial charge in [0.25, 0.3) is 0 Å². The number of hydrogen-bond acceptors (Lipinski definition) is 2. The van der Waals surface area contributed by atoms with Crippen LogP contribution in [0.1, 0.15) is 0 Å². The predicted octanol–water partition coefficient (Wildman–Crippen LogP) is 3.62. The summed E-state index contributed by atoms with van der Waals surface area (Å²) in [6.45, 7) is 0. The molecule has 0 saturated heterocycles. The lowest BCUT2D eigenvalue weighted by atomic mass is 10.0. The number of hydrogen-bond donors (Lipinski definition) is 1. The van der Waals surface area contributed by atoms with Crippen molar-refractivity contribution in [3.05, 3.63) is 48.5 Å². The summed E-state index contributed by atoms with van der Waals surface area (Å²) < 4.78 is 11.1. The van der Waals surface area contributed by atoms with Gasteiger partial charge in [-0.3, -0.25) is 4.57 Å². The third-order valence-corrected chi connectivity index (χ3v) is 3.51. The lowest BCUT2D eigenvalue weighted by molar-refractivity contribution is 0.482. The maximum absolute atomic E-state index is 11.1. The van der Waals surface area contributed by atoms with Crippen LogP contribution in [0.5, 0.6) is 5.75 Å². The SMILES string of the molecule is O=Pc1cccc2c1c(O)cc1ccccc12. The van der Waals surface area contributed by atoms with Crippen molar-refractivity contribution in [3.63, 3.8) is 0 Å². The van der Waals surface area contributed by atoms with Gasteiger partial charge in [0.15, 0.2) is 8.46 Å². The summed E-state index contributed by atoms with van der Waals surface area (Å²) in [5, 5.41) is 14.3. The van der Waals surface area contributed by atoms with E-state index < -0.39 is 0 Å². The summed E-state index contributed by atoms with van der Waals surface area (Å²) in [7, 11) is -0.0738. The van der Waals surface area contributed by atoms with E-state index in [2.05, 4.69) is 0 Å². The van der Waals surface area contributed by atoms with Crippen molar-refractivity contribution in [2.24, 2.45) is 0 Å². The zero-order valence-corrected chi connectivity index (χ0v) is 9.82. The second-order valence-corrected chi connectivity index (χ2v) is 4.57. The number of phenolic OH excluding ortho intramolecular Hbond substituents is 1. The van der Waals surface area contributed by atoms with Gasteiger partial charge in [0.05, 0.1) is 5.30 Å². The monoisotopic (exact) mass is 240 g/mol. The number of benzene rings is 3. The number of rotatable bonds is 1. The van der Waals surface area contributed by atoms with Gasteiger partial charge >= 0.3 is 0 Å². The largest absolute Gasteiger partial charge is 0.507 e. The summed E-state index contributed by atoms with van der Waals surface area (Å²) in [6, 6.07) is 15.1. The molecule has 0 aliphatic carbocycles. The van der Waals surface area contributed by atoms with Gasteiger partial charge in [-0.2, -0.15) is 0 Å². The minimum absolute atomic E-state index is 0.0738. The lowest BCUT2D eigenvalue weighted by Crippen LogP contribution is -1.94. The number of phenols is 1. The number of fused-ring (bicyclic) bond motifs is 3. The van der Waals surface area contributed by atoms with Crippen LogP contribution in [0, 0.1) is 0 Å². The van der Waals surface area contributed by atoms with Crippen LogP contribution >= 0.6 is 8.46 Å². The average Bonchev–Trinajstić information content (AvgIpc) is 2.38.